The summed E-state index contributed by atoms with van der Waals surface area (Å²) in [7, 11) is 0. The molecule has 0 unspecified atom stereocenters. The number of nitrogens with zero attached hydrogens (tertiary/aromatic N) is 2. The fourth-order valence-electron chi connectivity index (χ4n) is 2.24. The molecular formula is C19H14F3N3OS. The van der Waals surface area contributed by atoms with Crippen molar-refractivity contribution in [2.45, 2.75) is 11.3 Å². The van der Waals surface area contributed by atoms with Crippen molar-refractivity contribution in [1.82, 2.24) is 9.97 Å². The van der Waals surface area contributed by atoms with E-state index in [2.05, 4.69) is 15.3 Å². The number of hydrogen-bond donors (Lipinski definition) is 1. The number of carbonyl (C=O) groups excluding carboxylic acids is 1. The van der Waals surface area contributed by atoms with E-state index >= 15 is 0 Å². The molecule has 1 heterocycles. The lowest BCUT2D eigenvalue weighted by Gasteiger charge is -2.10. The zero-order chi connectivity index (χ0) is 19.3. The van der Waals surface area contributed by atoms with Crippen LogP contribution in [0.2, 0.25) is 0 Å². The number of nitrogens with one attached hydrogen (secondary N) is 1. The third-order valence-electron chi connectivity index (χ3n) is 3.46. The number of aromatic nitrogens is 2. The molecule has 0 atom stereocenters. The molecule has 138 valence electrons. The molecule has 3 rings (SSSR count). The first-order chi connectivity index (χ1) is 12.9. The smallest absolute Gasteiger partial charge is 0.325 e. The molecule has 0 fully saturated rings. The molecule has 0 saturated heterocycles. The average Bonchev–Trinajstić information content (AvgIpc) is 2.67. The summed E-state index contributed by atoms with van der Waals surface area (Å²) in [5, 5.41) is 2.56. The van der Waals surface area contributed by atoms with Gasteiger partial charge in [-0.3, -0.25) is 4.79 Å². The largest absolute Gasteiger partial charge is 0.433 e. The summed E-state index contributed by atoms with van der Waals surface area (Å²) < 4.78 is 39.5. The Morgan fingerprint density at radius 1 is 0.963 bits per heavy atom. The Kier molecular flexibility index (Phi) is 5.75. The van der Waals surface area contributed by atoms with Crippen LogP contribution in [-0.2, 0) is 11.0 Å². The minimum absolute atomic E-state index is 0.105. The molecule has 1 N–H and O–H groups in total. The molecule has 0 aliphatic heterocycles. The first-order valence-corrected chi connectivity index (χ1v) is 8.90. The number of thioether (sulfide) groups is 1. The molecule has 0 bridgehead atoms. The summed E-state index contributed by atoms with van der Waals surface area (Å²) in [5.41, 5.74) is 0.269. The number of carbonyl (C=O) groups is 1. The summed E-state index contributed by atoms with van der Waals surface area (Å²) in [4.78, 5) is 19.7. The van der Waals surface area contributed by atoms with Gasteiger partial charge in [0.1, 0.15) is 5.69 Å². The average molecular weight is 389 g/mol. The lowest BCUT2D eigenvalue weighted by molar-refractivity contribution is -0.141. The van der Waals surface area contributed by atoms with Crippen LogP contribution >= 0.6 is 11.8 Å². The van der Waals surface area contributed by atoms with E-state index in [1.807, 2.05) is 6.07 Å². The van der Waals surface area contributed by atoms with Gasteiger partial charge in [0.2, 0.25) is 5.91 Å². The highest BCUT2D eigenvalue weighted by Crippen LogP contribution is 2.32. The van der Waals surface area contributed by atoms with Gasteiger partial charge in [-0.05, 0) is 18.2 Å². The van der Waals surface area contributed by atoms with E-state index in [1.165, 1.54) is 0 Å². The Morgan fingerprint density at radius 2 is 1.59 bits per heavy atom. The van der Waals surface area contributed by atoms with E-state index < -0.39 is 11.9 Å². The second-order valence-corrected chi connectivity index (χ2v) is 6.43. The lowest BCUT2D eigenvalue weighted by atomic mass is 10.1. The standard InChI is InChI=1S/C19H14F3N3OS/c20-19(21,22)16-11-15(13-7-3-1-4-8-13)24-18(25-16)27-12-17(26)23-14-9-5-2-6-10-14/h1-11H,12H2,(H,23,26). The molecule has 0 saturated carbocycles. The molecule has 0 spiro atoms. The Hall–Kier alpha value is -2.87. The molecule has 4 nitrogen and oxygen atoms in total. The van der Waals surface area contributed by atoms with Gasteiger partial charge >= 0.3 is 6.18 Å². The Balaban J connectivity index is 1.79. The molecular weight excluding hydrogens is 375 g/mol. The summed E-state index contributed by atoms with van der Waals surface area (Å²) in [6.07, 6.45) is -4.60. The van der Waals surface area contributed by atoms with Gasteiger partial charge < -0.3 is 5.32 Å². The second kappa shape index (κ2) is 8.22. The fraction of sp³-hybridized carbons (Fsp3) is 0.105. The van der Waals surface area contributed by atoms with Gasteiger partial charge in [0, 0.05) is 11.3 Å². The van der Waals surface area contributed by atoms with Gasteiger partial charge in [-0.25, -0.2) is 9.97 Å². The highest BCUT2D eigenvalue weighted by atomic mass is 32.2. The number of hydrogen-bond acceptors (Lipinski definition) is 4. The van der Waals surface area contributed by atoms with E-state index in [0.717, 1.165) is 17.8 Å². The highest BCUT2D eigenvalue weighted by Gasteiger charge is 2.33. The van der Waals surface area contributed by atoms with E-state index in [4.69, 9.17) is 0 Å². The van der Waals surface area contributed by atoms with Crippen LogP contribution in [0.25, 0.3) is 11.3 Å². The number of alkyl halides is 3. The van der Waals surface area contributed by atoms with Crippen LogP contribution in [0, 0.1) is 0 Å². The molecule has 2 aromatic carbocycles. The lowest BCUT2D eigenvalue weighted by Crippen LogP contribution is -2.15. The maximum atomic E-state index is 13.2. The number of anilines is 1. The Morgan fingerprint density at radius 3 is 2.22 bits per heavy atom. The number of halogens is 3. The van der Waals surface area contributed by atoms with E-state index in [0.29, 0.717) is 11.3 Å². The Labute approximate surface area is 157 Å². The van der Waals surface area contributed by atoms with E-state index in [-0.39, 0.29) is 22.5 Å². The SMILES string of the molecule is O=C(CSc1nc(-c2ccccc2)cc(C(F)(F)F)n1)Nc1ccccc1. The predicted octanol–water partition coefficient (Wildman–Crippen LogP) is 4.89. The van der Waals surface area contributed by atoms with Crippen molar-refractivity contribution >= 4 is 23.4 Å². The zero-order valence-electron chi connectivity index (χ0n) is 13.9. The van der Waals surface area contributed by atoms with Gasteiger partial charge in [0.15, 0.2) is 5.16 Å². The van der Waals surface area contributed by atoms with E-state index in [1.54, 1.807) is 54.6 Å². The van der Waals surface area contributed by atoms with Gasteiger partial charge in [0.05, 0.1) is 11.4 Å². The van der Waals surface area contributed by atoms with Crippen LogP contribution in [0.1, 0.15) is 5.69 Å². The quantitative estimate of drug-likeness (QED) is 0.498. The topological polar surface area (TPSA) is 54.9 Å². The number of benzene rings is 2. The summed E-state index contributed by atoms with van der Waals surface area (Å²) in [5.74, 6) is -0.460. The molecule has 0 aliphatic rings. The summed E-state index contributed by atoms with van der Waals surface area (Å²) in [6, 6.07) is 18.2. The third kappa shape index (κ3) is 5.30. The van der Waals surface area contributed by atoms with Crippen LogP contribution in [0.3, 0.4) is 0 Å². The van der Waals surface area contributed by atoms with Gasteiger partial charge in [-0.2, -0.15) is 13.2 Å². The van der Waals surface area contributed by atoms with Crippen molar-refractivity contribution in [2.75, 3.05) is 11.1 Å². The number of para-hydroxylation sites is 1. The molecule has 8 heteroatoms. The maximum Gasteiger partial charge on any atom is 0.433 e. The third-order valence-corrected chi connectivity index (χ3v) is 4.30. The molecule has 3 aromatic rings. The summed E-state index contributed by atoms with van der Waals surface area (Å²) >= 11 is 0.853. The number of rotatable bonds is 5. The van der Waals surface area contributed by atoms with Crippen LogP contribution in [0.5, 0.6) is 0 Å². The predicted molar refractivity (Wildman–Crippen MR) is 98.3 cm³/mol. The van der Waals surface area contributed by atoms with Crippen molar-refractivity contribution in [3.8, 4) is 11.3 Å². The molecule has 0 radical (unpaired) electrons. The second-order valence-electron chi connectivity index (χ2n) is 5.49. The molecule has 1 aromatic heterocycles. The van der Waals surface area contributed by atoms with Crippen LogP contribution in [-0.4, -0.2) is 21.6 Å². The zero-order valence-corrected chi connectivity index (χ0v) is 14.7. The van der Waals surface area contributed by atoms with Gasteiger partial charge in [-0.15, -0.1) is 0 Å². The van der Waals surface area contributed by atoms with Crippen LogP contribution in [0.4, 0.5) is 18.9 Å². The molecule has 27 heavy (non-hydrogen) atoms. The minimum Gasteiger partial charge on any atom is -0.325 e. The molecule has 0 aliphatic carbocycles. The minimum atomic E-state index is -4.60. The van der Waals surface area contributed by atoms with Crippen LogP contribution in [0.15, 0.2) is 71.9 Å². The van der Waals surface area contributed by atoms with Crippen molar-refractivity contribution < 1.29 is 18.0 Å². The monoisotopic (exact) mass is 389 g/mol. The maximum absolute atomic E-state index is 13.2. The van der Waals surface area contributed by atoms with Crippen molar-refractivity contribution in [1.29, 1.82) is 0 Å². The first-order valence-electron chi connectivity index (χ1n) is 7.91. The first kappa shape index (κ1) is 18.9. The Bertz CT molecular complexity index is 918. The fourth-order valence-corrected chi connectivity index (χ4v) is 2.90. The van der Waals surface area contributed by atoms with Crippen molar-refractivity contribution in [2.24, 2.45) is 0 Å². The number of amides is 1. The molecule has 1 amide bonds. The van der Waals surface area contributed by atoms with Gasteiger partial charge in [-0.1, -0.05) is 60.3 Å². The van der Waals surface area contributed by atoms with Crippen molar-refractivity contribution in [3.05, 3.63) is 72.4 Å². The van der Waals surface area contributed by atoms with E-state index in [9.17, 15) is 18.0 Å². The van der Waals surface area contributed by atoms with Crippen LogP contribution < -0.4 is 5.32 Å². The van der Waals surface area contributed by atoms with Gasteiger partial charge in [0.25, 0.3) is 0 Å². The summed E-state index contributed by atoms with van der Waals surface area (Å²) in [6.45, 7) is 0. The highest BCUT2D eigenvalue weighted by molar-refractivity contribution is 7.99. The van der Waals surface area contributed by atoms with Crippen molar-refractivity contribution in [3.63, 3.8) is 0 Å². The normalized spacial score (nSPS) is 11.2.